The first-order valence-electron chi connectivity index (χ1n) is 8.32. The van der Waals surface area contributed by atoms with Gasteiger partial charge >= 0.3 is 6.09 Å². The highest BCUT2D eigenvalue weighted by molar-refractivity contribution is 5.89. The van der Waals surface area contributed by atoms with Crippen LogP contribution in [0.3, 0.4) is 0 Å². The average molecular weight is 372 g/mol. The number of anilines is 1. The van der Waals surface area contributed by atoms with Gasteiger partial charge in [0.05, 0.1) is 49.3 Å². The number of rotatable bonds is 5. The van der Waals surface area contributed by atoms with E-state index < -0.39 is 18.0 Å². The number of imidazole rings is 1. The standard InChI is InChI=1S/C17H17FN6O3/c1-11-5-22(10-19-11)16-3-2-13(4-15(16)18)24-8-14(27-17(24)26)7-23-6-12(9-25)20-21-23/h2-6,10,14,25H,7-9H2,1H3. The van der Waals surface area contributed by atoms with Crippen molar-refractivity contribution in [1.82, 2.24) is 24.5 Å². The van der Waals surface area contributed by atoms with Crippen molar-refractivity contribution < 1.29 is 19.0 Å². The highest BCUT2D eigenvalue weighted by Crippen LogP contribution is 2.26. The molecule has 1 fully saturated rings. The number of aromatic nitrogens is 5. The van der Waals surface area contributed by atoms with Gasteiger partial charge in [0, 0.05) is 6.20 Å². The Labute approximate surface area is 153 Å². The van der Waals surface area contributed by atoms with Crippen LogP contribution >= 0.6 is 0 Å². The number of nitrogens with zero attached hydrogens (tertiary/aromatic N) is 6. The zero-order chi connectivity index (χ0) is 19.0. The van der Waals surface area contributed by atoms with Crippen molar-refractivity contribution in [1.29, 1.82) is 0 Å². The predicted octanol–water partition coefficient (Wildman–Crippen LogP) is 1.43. The lowest BCUT2D eigenvalue weighted by molar-refractivity contribution is 0.129. The molecule has 1 aliphatic heterocycles. The molecule has 3 heterocycles. The fourth-order valence-electron chi connectivity index (χ4n) is 2.96. The molecule has 1 N–H and O–H groups in total. The van der Waals surface area contributed by atoms with E-state index in [4.69, 9.17) is 9.84 Å². The van der Waals surface area contributed by atoms with Crippen molar-refractivity contribution in [2.24, 2.45) is 0 Å². The number of aryl methyl sites for hydroxylation is 1. The van der Waals surface area contributed by atoms with Gasteiger partial charge in [0.1, 0.15) is 17.6 Å². The number of aliphatic hydroxyl groups excluding tert-OH is 1. The van der Waals surface area contributed by atoms with Crippen LogP contribution in [0.2, 0.25) is 0 Å². The Bertz CT molecular complexity index is 985. The lowest BCUT2D eigenvalue weighted by Crippen LogP contribution is -2.26. The van der Waals surface area contributed by atoms with Gasteiger partial charge in [0.25, 0.3) is 0 Å². The van der Waals surface area contributed by atoms with E-state index in [1.54, 1.807) is 29.1 Å². The molecule has 9 nitrogen and oxygen atoms in total. The summed E-state index contributed by atoms with van der Waals surface area (Å²) in [5.74, 6) is -0.468. The summed E-state index contributed by atoms with van der Waals surface area (Å²) in [5.41, 5.74) is 1.98. The third-order valence-corrected chi connectivity index (χ3v) is 4.25. The molecular weight excluding hydrogens is 355 g/mol. The highest BCUT2D eigenvalue weighted by Gasteiger charge is 2.33. The predicted molar refractivity (Wildman–Crippen MR) is 91.8 cm³/mol. The van der Waals surface area contributed by atoms with E-state index in [1.807, 2.05) is 6.92 Å². The fraction of sp³-hybridized carbons (Fsp3) is 0.294. The Morgan fingerprint density at radius 3 is 2.89 bits per heavy atom. The maximum absolute atomic E-state index is 14.5. The molecule has 0 bridgehead atoms. The minimum atomic E-state index is -0.548. The molecule has 2 aromatic heterocycles. The second kappa shape index (κ2) is 6.80. The van der Waals surface area contributed by atoms with Crippen molar-refractivity contribution in [2.75, 3.05) is 11.4 Å². The van der Waals surface area contributed by atoms with Crippen LogP contribution in [0.15, 0.2) is 36.9 Å². The third kappa shape index (κ3) is 3.38. The molecule has 1 saturated heterocycles. The Morgan fingerprint density at radius 1 is 1.37 bits per heavy atom. The molecule has 3 aromatic rings. The van der Waals surface area contributed by atoms with Crippen molar-refractivity contribution in [3.63, 3.8) is 0 Å². The van der Waals surface area contributed by atoms with Crippen LogP contribution in [0.5, 0.6) is 0 Å². The smallest absolute Gasteiger partial charge is 0.414 e. The van der Waals surface area contributed by atoms with Crippen molar-refractivity contribution >= 4 is 11.8 Å². The molecule has 0 radical (unpaired) electrons. The zero-order valence-electron chi connectivity index (χ0n) is 14.5. The van der Waals surface area contributed by atoms with E-state index in [9.17, 15) is 9.18 Å². The first-order chi connectivity index (χ1) is 13.0. The maximum atomic E-state index is 14.5. The van der Waals surface area contributed by atoms with Crippen molar-refractivity contribution in [3.05, 3.63) is 54.1 Å². The van der Waals surface area contributed by atoms with Gasteiger partial charge in [-0.2, -0.15) is 0 Å². The van der Waals surface area contributed by atoms with E-state index >= 15 is 0 Å². The molecular formula is C17H17FN6O3. The van der Waals surface area contributed by atoms with Gasteiger partial charge in [-0.3, -0.25) is 4.90 Å². The van der Waals surface area contributed by atoms with Crippen LogP contribution < -0.4 is 4.90 Å². The van der Waals surface area contributed by atoms with Crippen LogP contribution in [0.4, 0.5) is 14.9 Å². The number of cyclic esters (lactones) is 1. The molecule has 1 aliphatic rings. The van der Waals surface area contributed by atoms with Crippen LogP contribution in [0.25, 0.3) is 5.69 Å². The van der Waals surface area contributed by atoms with Crippen molar-refractivity contribution in [3.8, 4) is 5.69 Å². The number of hydrogen-bond acceptors (Lipinski definition) is 6. The van der Waals surface area contributed by atoms with Crippen LogP contribution in [-0.4, -0.2) is 48.4 Å². The van der Waals surface area contributed by atoms with Gasteiger partial charge in [0.15, 0.2) is 0 Å². The minimum absolute atomic E-state index is 0.210. The Morgan fingerprint density at radius 2 is 2.22 bits per heavy atom. The van der Waals surface area contributed by atoms with Gasteiger partial charge in [-0.1, -0.05) is 5.21 Å². The first-order valence-corrected chi connectivity index (χ1v) is 8.32. The topological polar surface area (TPSA) is 98.3 Å². The number of halogens is 1. The molecule has 1 amide bonds. The van der Waals surface area contributed by atoms with Crippen LogP contribution in [-0.2, 0) is 17.9 Å². The largest absolute Gasteiger partial charge is 0.442 e. The van der Waals surface area contributed by atoms with E-state index in [2.05, 4.69) is 15.3 Å². The highest BCUT2D eigenvalue weighted by atomic mass is 19.1. The normalized spacial score (nSPS) is 16.8. The molecule has 1 atom stereocenters. The lowest BCUT2D eigenvalue weighted by atomic mass is 10.2. The molecule has 0 aliphatic carbocycles. The zero-order valence-corrected chi connectivity index (χ0v) is 14.5. The summed E-state index contributed by atoms with van der Waals surface area (Å²) in [5, 5.41) is 16.7. The molecule has 4 rings (SSSR count). The van der Waals surface area contributed by atoms with Crippen LogP contribution in [0, 0.1) is 12.7 Å². The van der Waals surface area contributed by atoms with E-state index in [1.165, 1.54) is 22.0 Å². The summed E-state index contributed by atoms with van der Waals surface area (Å²) < 4.78 is 23.0. The lowest BCUT2D eigenvalue weighted by Gasteiger charge is -2.14. The number of amides is 1. The maximum Gasteiger partial charge on any atom is 0.414 e. The monoisotopic (exact) mass is 372 g/mol. The number of ether oxygens (including phenoxy) is 1. The summed E-state index contributed by atoms with van der Waals surface area (Å²) in [4.78, 5) is 17.6. The number of carbonyl (C=O) groups is 1. The molecule has 0 spiro atoms. The van der Waals surface area contributed by atoms with Gasteiger partial charge < -0.3 is 14.4 Å². The number of benzene rings is 1. The summed E-state index contributed by atoms with van der Waals surface area (Å²) in [6, 6.07) is 4.56. The molecule has 10 heteroatoms. The van der Waals surface area contributed by atoms with Gasteiger partial charge in [-0.05, 0) is 25.1 Å². The van der Waals surface area contributed by atoms with E-state index in [0.717, 1.165) is 5.69 Å². The number of hydrogen-bond donors (Lipinski definition) is 1. The molecule has 27 heavy (non-hydrogen) atoms. The molecule has 1 unspecified atom stereocenters. The minimum Gasteiger partial charge on any atom is -0.442 e. The van der Waals surface area contributed by atoms with Gasteiger partial charge in [0.2, 0.25) is 0 Å². The van der Waals surface area contributed by atoms with Gasteiger partial charge in [-0.15, -0.1) is 5.10 Å². The third-order valence-electron chi connectivity index (χ3n) is 4.25. The number of carbonyl (C=O) groups excluding carboxylic acids is 1. The van der Waals surface area contributed by atoms with Gasteiger partial charge in [-0.25, -0.2) is 18.9 Å². The van der Waals surface area contributed by atoms with Crippen molar-refractivity contribution in [2.45, 2.75) is 26.2 Å². The summed E-state index contributed by atoms with van der Waals surface area (Å²) in [7, 11) is 0. The number of aliphatic hydroxyl groups is 1. The molecule has 140 valence electrons. The van der Waals surface area contributed by atoms with E-state index in [-0.39, 0.29) is 13.2 Å². The second-order valence-corrected chi connectivity index (χ2v) is 6.26. The quantitative estimate of drug-likeness (QED) is 0.728. The molecule has 0 saturated carbocycles. The first kappa shape index (κ1) is 17.2. The van der Waals surface area contributed by atoms with Crippen LogP contribution in [0.1, 0.15) is 11.4 Å². The average Bonchev–Trinajstić information content (AvgIpc) is 3.35. The second-order valence-electron chi connectivity index (χ2n) is 6.26. The molecule has 1 aromatic carbocycles. The summed E-state index contributed by atoms with van der Waals surface area (Å²) in [6.45, 7) is 2.17. The SMILES string of the molecule is Cc1cn(-c2ccc(N3CC(Cn4cc(CO)nn4)OC3=O)cc2F)cn1. The fourth-order valence-corrected chi connectivity index (χ4v) is 2.96. The summed E-state index contributed by atoms with van der Waals surface area (Å²) >= 11 is 0. The Hall–Kier alpha value is -3.27. The Kier molecular flexibility index (Phi) is 4.32. The Balaban J connectivity index is 1.49. The summed E-state index contributed by atoms with van der Waals surface area (Å²) in [6.07, 6.45) is 3.83. The van der Waals surface area contributed by atoms with E-state index in [0.29, 0.717) is 23.6 Å².